The first kappa shape index (κ1) is 27.1. The second kappa shape index (κ2) is 11.8. The van der Waals surface area contributed by atoms with E-state index in [9.17, 15) is 14.7 Å². The van der Waals surface area contributed by atoms with Crippen LogP contribution < -0.4 is 20.3 Å². The molecular weight excluding hydrogens is 528 g/mol. The van der Waals surface area contributed by atoms with Crippen LogP contribution in [-0.4, -0.2) is 40.7 Å². The molecule has 1 saturated heterocycles. The number of carbonyl (C=O) groups excluding carboxylic acids is 2. The van der Waals surface area contributed by atoms with Gasteiger partial charge >= 0.3 is 0 Å². The number of rotatable bonds is 7. The maximum Gasteiger partial charge on any atom is 0.257 e. The number of para-hydroxylation sites is 1. The molecule has 5 aromatic rings. The maximum absolute atomic E-state index is 12.9. The van der Waals surface area contributed by atoms with E-state index in [1.807, 2.05) is 66.3 Å². The summed E-state index contributed by atoms with van der Waals surface area (Å²) in [4.78, 5) is 27.9. The lowest BCUT2D eigenvalue weighted by molar-refractivity contribution is 0.101. The van der Waals surface area contributed by atoms with Crippen LogP contribution in [0.15, 0.2) is 103 Å². The molecule has 0 spiro atoms. The molecule has 0 saturated carbocycles. The van der Waals surface area contributed by atoms with Gasteiger partial charge in [0.1, 0.15) is 11.5 Å². The van der Waals surface area contributed by atoms with Gasteiger partial charge in [-0.2, -0.15) is 0 Å². The fraction of sp³-hybridized carbons (Fsp3) is 0.176. The van der Waals surface area contributed by atoms with Crippen molar-refractivity contribution in [3.8, 4) is 11.5 Å². The monoisotopic (exact) mass is 560 g/mol. The lowest BCUT2D eigenvalue weighted by Gasteiger charge is -2.31. The van der Waals surface area contributed by atoms with Crippen LogP contribution >= 0.6 is 0 Å². The minimum absolute atomic E-state index is 0.170. The van der Waals surface area contributed by atoms with Gasteiger partial charge in [0.25, 0.3) is 11.8 Å². The van der Waals surface area contributed by atoms with Crippen LogP contribution in [0.1, 0.15) is 33.6 Å². The highest BCUT2D eigenvalue weighted by Gasteiger charge is 2.18. The predicted octanol–water partition coefficient (Wildman–Crippen LogP) is 6.44. The smallest absolute Gasteiger partial charge is 0.257 e. The highest BCUT2D eigenvalue weighted by atomic mass is 16.5. The van der Waals surface area contributed by atoms with E-state index in [2.05, 4.69) is 15.5 Å². The summed E-state index contributed by atoms with van der Waals surface area (Å²) >= 11 is 0. The quantitative estimate of drug-likeness (QED) is 0.213. The van der Waals surface area contributed by atoms with Gasteiger partial charge in [0.2, 0.25) is 0 Å². The number of hydrogen-bond acceptors (Lipinski definition) is 5. The van der Waals surface area contributed by atoms with Crippen molar-refractivity contribution in [2.45, 2.75) is 18.9 Å². The summed E-state index contributed by atoms with van der Waals surface area (Å²) < 4.78 is 7.90. The molecule has 42 heavy (non-hydrogen) atoms. The number of carbonyl (C=O) groups is 2. The highest BCUT2D eigenvalue weighted by Crippen LogP contribution is 2.26. The minimum atomic E-state index is -0.218. The molecule has 2 amide bonds. The van der Waals surface area contributed by atoms with Crippen LogP contribution in [0, 0.1) is 0 Å². The molecule has 1 aromatic heterocycles. The zero-order valence-corrected chi connectivity index (χ0v) is 23.3. The third-order valence-electron chi connectivity index (χ3n) is 7.56. The van der Waals surface area contributed by atoms with Crippen molar-refractivity contribution in [2.24, 2.45) is 7.05 Å². The molecule has 3 N–H and O–H groups in total. The minimum Gasteiger partial charge on any atom is -0.457 e. The Bertz CT molecular complexity index is 1700. The Morgan fingerprint density at radius 2 is 1.33 bits per heavy atom. The molecule has 0 atom stereocenters. The zero-order chi connectivity index (χ0) is 29.1. The van der Waals surface area contributed by atoms with Crippen molar-refractivity contribution in [3.63, 3.8) is 0 Å². The molecule has 2 heterocycles. The van der Waals surface area contributed by atoms with Gasteiger partial charge in [0, 0.05) is 59.9 Å². The van der Waals surface area contributed by atoms with Crippen molar-refractivity contribution < 1.29 is 19.4 Å². The van der Waals surface area contributed by atoms with E-state index >= 15 is 0 Å². The number of aliphatic hydroxyl groups is 1. The molecule has 0 radical (unpaired) electrons. The normalized spacial score (nSPS) is 13.6. The largest absolute Gasteiger partial charge is 0.457 e. The number of piperidine rings is 1. The van der Waals surface area contributed by atoms with Crippen LogP contribution in [0.25, 0.3) is 10.9 Å². The molecule has 212 valence electrons. The number of hydrogen-bond donors (Lipinski definition) is 3. The third-order valence-corrected chi connectivity index (χ3v) is 7.56. The Hall–Kier alpha value is -5.08. The van der Waals surface area contributed by atoms with Gasteiger partial charge in [-0.1, -0.05) is 18.2 Å². The number of benzene rings is 4. The molecular formula is C34H32N4O4. The molecule has 0 unspecified atom stereocenters. The summed E-state index contributed by atoms with van der Waals surface area (Å²) in [5, 5.41) is 16.5. The SMILES string of the molecule is Cn1cc(C(=O)Nc2ccc(Oc3ccc(NC(=O)c4ccc(N5CCC(O)CC5)cc4)cc3)cc2)c2ccccc21. The first-order valence-corrected chi connectivity index (χ1v) is 14.0. The topological polar surface area (TPSA) is 95.8 Å². The van der Waals surface area contributed by atoms with Crippen molar-refractivity contribution in [1.82, 2.24) is 4.57 Å². The summed E-state index contributed by atoms with van der Waals surface area (Å²) in [7, 11) is 1.93. The number of fused-ring (bicyclic) bond motifs is 1. The number of ether oxygens (including phenoxy) is 1. The number of nitrogens with one attached hydrogen (secondary N) is 2. The molecule has 1 aliphatic heterocycles. The van der Waals surface area contributed by atoms with E-state index in [0.29, 0.717) is 34.0 Å². The van der Waals surface area contributed by atoms with Gasteiger partial charge in [-0.15, -0.1) is 0 Å². The zero-order valence-electron chi connectivity index (χ0n) is 23.3. The Kier molecular flexibility index (Phi) is 7.62. The molecule has 0 bridgehead atoms. The van der Waals surface area contributed by atoms with Crippen molar-refractivity contribution in [3.05, 3.63) is 114 Å². The number of amides is 2. The molecule has 6 rings (SSSR count). The van der Waals surface area contributed by atoms with Crippen LogP contribution in [0.3, 0.4) is 0 Å². The summed E-state index contributed by atoms with van der Waals surface area (Å²) in [6, 6.07) is 29.7. The highest BCUT2D eigenvalue weighted by molar-refractivity contribution is 6.13. The maximum atomic E-state index is 12.9. The average Bonchev–Trinajstić information content (AvgIpc) is 3.36. The van der Waals surface area contributed by atoms with Crippen molar-refractivity contribution >= 4 is 39.8 Å². The van der Waals surface area contributed by atoms with Crippen LogP contribution in [-0.2, 0) is 7.05 Å². The van der Waals surface area contributed by atoms with Gasteiger partial charge < -0.3 is 29.9 Å². The van der Waals surface area contributed by atoms with E-state index < -0.39 is 0 Å². The summed E-state index contributed by atoms with van der Waals surface area (Å²) in [5.41, 5.74) is 4.58. The van der Waals surface area contributed by atoms with Crippen molar-refractivity contribution in [2.75, 3.05) is 28.6 Å². The second-order valence-electron chi connectivity index (χ2n) is 10.5. The fourth-order valence-electron chi connectivity index (χ4n) is 5.22. The summed E-state index contributed by atoms with van der Waals surface area (Å²) in [6.45, 7) is 1.63. The molecule has 0 aliphatic carbocycles. The van der Waals surface area contributed by atoms with Crippen LogP contribution in [0.2, 0.25) is 0 Å². The van der Waals surface area contributed by atoms with Gasteiger partial charge in [-0.25, -0.2) is 0 Å². The van der Waals surface area contributed by atoms with Gasteiger partial charge in [-0.05, 0) is 91.7 Å². The predicted molar refractivity (Wildman–Crippen MR) is 166 cm³/mol. The Morgan fingerprint density at radius 1 is 0.762 bits per heavy atom. The Morgan fingerprint density at radius 3 is 1.95 bits per heavy atom. The summed E-state index contributed by atoms with van der Waals surface area (Å²) in [6.07, 6.45) is 3.14. The molecule has 1 aliphatic rings. The van der Waals surface area contributed by atoms with Crippen LogP contribution in [0.4, 0.5) is 17.1 Å². The number of aryl methyl sites for hydroxylation is 1. The number of anilines is 3. The molecule has 8 nitrogen and oxygen atoms in total. The third kappa shape index (κ3) is 5.99. The first-order chi connectivity index (χ1) is 20.4. The van der Waals surface area contributed by atoms with Crippen LogP contribution in [0.5, 0.6) is 11.5 Å². The number of nitrogens with zero attached hydrogens (tertiary/aromatic N) is 2. The van der Waals surface area contributed by atoms with E-state index in [4.69, 9.17) is 4.74 Å². The molecule has 1 fully saturated rings. The van der Waals surface area contributed by atoms with E-state index in [0.717, 1.165) is 42.5 Å². The Labute approximate surface area is 244 Å². The standard InChI is InChI=1S/C34H32N4O4/c1-37-22-31(30-4-2-3-5-32(30)37)34(41)36-25-10-16-29(17-11-25)42-28-14-8-24(9-15-28)35-33(40)23-6-12-26(13-7-23)38-20-18-27(39)19-21-38/h2-17,22,27,39H,18-21H2,1H3,(H,35,40)(H,36,41). The lowest BCUT2D eigenvalue weighted by atomic mass is 10.1. The summed E-state index contributed by atoms with van der Waals surface area (Å²) in [5.74, 6) is 0.886. The van der Waals surface area contributed by atoms with Crippen molar-refractivity contribution in [1.29, 1.82) is 0 Å². The van der Waals surface area contributed by atoms with E-state index in [1.165, 1.54) is 0 Å². The molecule has 8 heteroatoms. The first-order valence-electron chi connectivity index (χ1n) is 14.0. The number of aromatic nitrogens is 1. The van der Waals surface area contributed by atoms with Gasteiger partial charge in [0.15, 0.2) is 0 Å². The van der Waals surface area contributed by atoms with E-state index in [-0.39, 0.29) is 17.9 Å². The average molecular weight is 561 g/mol. The van der Waals surface area contributed by atoms with Gasteiger partial charge in [0.05, 0.1) is 11.7 Å². The molecule has 4 aromatic carbocycles. The van der Waals surface area contributed by atoms with E-state index in [1.54, 1.807) is 48.5 Å². The number of aliphatic hydroxyl groups excluding tert-OH is 1. The second-order valence-corrected chi connectivity index (χ2v) is 10.5. The van der Waals surface area contributed by atoms with Gasteiger partial charge in [-0.3, -0.25) is 9.59 Å². The lowest BCUT2D eigenvalue weighted by Crippen LogP contribution is -2.35. The Balaban J connectivity index is 1.02. The fourth-order valence-corrected chi connectivity index (χ4v) is 5.22.